The normalized spacial score (nSPS) is 16.8. The number of fused-ring (bicyclic) bond motifs is 1. The van der Waals surface area contributed by atoms with Crippen LogP contribution in [0.5, 0.6) is 0 Å². The first-order valence-electron chi connectivity index (χ1n) is 15.2. The van der Waals surface area contributed by atoms with Crippen LogP contribution in [0.4, 0.5) is 0 Å². The SMILES string of the molecule is CC.CCc1cc(-c2scnc2C)ccc1CN(C)C(=O)C1CCCN1C(=O)C(C(C)C)N1Cc2ccccc2C1=O. The van der Waals surface area contributed by atoms with Gasteiger partial charge in [-0.3, -0.25) is 14.4 Å². The molecular formula is C34H44N4O3S. The second-order valence-corrected chi connectivity index (χ2v) is 12.1. The molecule has 2 unspecified atom stereocenters. The molecule has 1 saturated heterocycles. The first-order valence-corrected chi connectivity index (χ1v) is 16.1. The molecule has 2 aliphatic heterocycles. The number of hydrogen-bond acceptors (Lipinski definition) is 5. The summed E-state index contributed by atoms with van der Waals surface area (Å²) >= 11 is 1.64. The van der Waals surface area contributed by atoms with Crippen LogP contribution in [0.3, 0.4) is 0 Å². The van der Waals surface area contributed by atoms with Crippen molar-refractivity contribution >= 4 is 29.1 Å². The highest BCUT2D eigenvalue weighted by atomic mass is 32.1. The minimum absolute atomic E-state index is 0.0474. The third-order valence-electron chi connectivity index (χ3n) is 8.27. The number of likely N-dealkylation sites (tertiary alicyclic amines) is 1. The van der Waals surface area contributed by atoms with Gasteiger partial charge in [-0.05, 0) is 66.5 Å². The van der Waals surface area contributed by atoms with Gasteiger partial charge in [0.1, 0.15) is 12.1 Å². The van der Waals surface area contributed by atoms with Crippen LogP contribution in [-0.2, 0) is 29.1 Å². The van der Waals surface area contributed by atoms with Crippen molar-refractivity contribution in [3.63, 3.8) is 0 Å². The molecule has 7 nitrogen and oxygen atoms in total. The van der Waals surface area contributed by atoms with Gasteiger partial charge in [0.2, 0.25) is 11.8 Å². The number of aryl methyl sites for hydroxylation is 2. The van der Waals surface area contributed by atoms with E-state index in [1.165, 1.54) is 10.4 Å². The summed E-state index contributed by atoms with van der Waals surface area (Å²) in [5.41, 5.74) is 7.98. The molecule has 5 rings (SSSR count). The van der Waals surface area contributed by atoms with E-state index in [1.54, 1.807) is 26.0 Å². The molecule has 2 aromatic carbocycles. The van der Waals surface area contributed by atoms with Crippen molar-refractivity contribution in [1.29, 1.82) is 0 Å². The summed E-state index contributed by atoms with van der Waals surface area (Å²) in [4.78, 5) is 51.7. The molecule has 8 heteroatoms. The van der Waals surface area contributed by atoms with Crippen LogP contribution in [0.2, 0.25) is 0 Å². The lowest BCUT2D eigenvalue weighted by molar-refractivity contribution is -0.147. The Morgan fingerprint density at radius 2 is 1.86 bits per heavy atom. The fraction of sp³-hybridized carbons (Fsp3) is 0.471. The van der Waals surface area contributed by atoms with Gasteiger partial charge in [0.05, 0.1) is 16.1 Å². The number of carbonyl (C=O) groups excluding carboxylic acids is 3. The number of likely N-dealkylation sites (N-methyl/N-ethyl adjacent to an activating group) is 1. The summed E-state index contributed by atoms with van der Waals surface area (Å²) < 4.78 is 0. The average molecular weight is 589 g/mol. The molecule has 3 amide bonds. The molecule has 0 radical (unpaired) electrons. The Labute approximate surface area is 254 Å². The second-order valence-electron chi connectivity index (χ2n) is 11.3. The summed E-state index contributed by atoms with van der Waals surface area (Å²) in [5, 5.41) is 0. The van der Waals surface area contributed by atoms with Gasteiger partial charge in [-0.25, -0.2) is 4.98 Å². The average Bonchev–Trinajstić information content (AvgIpc) is 3.73. The number of rotatable bonds is 8. The molecule has 0 aliphatic carbocycles. The van der Waals surface area contributed by atoms with Gasteiger partial charge < -0.3 is 14.7 Å². The van der Waals surface area contributed by atoms with Gasteiger partial charge in [0.15, 0.2) is 0 Å². The molecule has 3 heterocycles. The summed E-state index contributed by atoms with van der Waals surface area (Å²) in [6, 6.07) is 12.9. The Kier molecular flexibility index (Phi) is 10.2. The maximum atomic E-state index is 14.0. The Bertz CT molecular complexity index is 1430. The minimum atomic E-state index is -0.604. The van der Waals surface area contributed by atoms with Crippen LogP contribution in [-0.4, -0.2) is 63.1 Å². The number of nitrogens with zero attached hydrogens (tertiary/aromatic N) is 4. The smallest absolute Gasteiger partial charge is 0.255 e. The van der Waals surface area contributed by atoms with Crippen LogP contribution in [0.25, 0.3) is 10.4 Å². The Morgan fingerprint density at radius 1 is 1.12 bits per heavy atom. The number of benzene rings is 2. The topological polar surface area (TPSA) is 73.8 Å². The molecule has 1 fully saturated rings. The lowest BCUT2D eigenvalue weighted by Gasteiger charge is -2.36. The standard InChI is InChI=1S/C32H38N4O3S.C2H6/c1-6-22-16-23(29-21(4)33-19-40-29)13-14-24(22)17-34(5)31(38)27-12-9-15-35(27)32(39)28(20(2)3)36-18-25-10-7-8-11-26(25)30(36)37;1-2/h7-8,10-11,13-14,16,19-20,27-28H,6,9,12,15,17-18H2,1-5H3;1-2H3. The Morgan fingerprint density at radius 3 is 2.50 bits per heavy atom. The zero-order chi connectivity index (χ0) is 30.6. The largest absolute Gasteiger partial charge is 0.340 e. The van der Waals surface area contributed by atoms with E-state index in [9.17, 15) is 14.4 Å². The molecule has 0 spiro atoms. The molecular weight excluding hydrogens is 544 g/mol. The van der Waals surface area contributed by atoms with Gasteiger partial charge in [-0.2, -0.15) is 0 Å². The van der Waals surface area contributed by atoms with Crippen LogP contribution in [0, 0.1) is 12.8 Å². The van der Waals surface area contributed by atoms with Crippen molar-refractivity contribution in [2.45, 2.75) is 86.0 Å². The van der Waals surface area contributed by atoms with Crippen molar-refractivity contribution in [3.8, 4) is 10.4 Å². The highest BCUT2D eigenvalue weighted by Crippen LogP contribution is 2.32. The molecule has 0 bridgehead atoms. The van der Waals surface area contributed by atoms with Crippen LogP contribution < -0.4 is 0 Å². The lowest BCUT2D eigenvalue weighted by Crippen LogP contribution is -2.55. The minimum Gasteiger partial charge on any atom is -0.340 e. The molecule has 0 saturated carbocycles. The zero-order valence-corrected chi connectivity index (χ0v) is 26.8. The fourth-order valence-corrected chi connectivity index (χ4v) is 6.96. The van der Waals surface area contributed by atoms with Crippen molar-refractivity contribution in [1.82, 2.24) is 19.7 Å². The van der Waals surface area contributed by atoms with Gasteiger partial charge in [0, 0.05) is 32.2 Å². The monoisotopic (exact) mass is 588 g/mol. The first-order chi connectivity index (χ1) is 20.2. The predicted molar refractivity (Wildman–Crippen MR) is 169 cm³/mol. The van der Waals surface area contributed by atoms with Gasteiger partial charge in [0.25, 0.3) is 5.91 Å². The highest BCUT2D eigenvalue weighted by molar-refractivity contribution is 7.13. The van der Waals surface area contributed by atoms with E-state index in [0.29, 0.717) is 31.6 Å². The van der Waals surface area contributed by atoms with E-state index in [2.05, 4.69) is 30.1 Å². The molecule has 3 aromatic rings. The summed E-state index contributed by atoms with van der Waals surface area (Å²) in [7, 11) is 1.82. The maximum Gasteiger partial charge on any atom is 0.255 e. The molecule has 1 aromatic heterocycles. The summed E-state index contributed by atoms with van der Waals surface area (Å²) in [6.07, 6.45) is 2.27. The van der Waals surface area contributed by atoms with Crippen molar-refractivity contribution in [2.24, 2.45) is 5.92 Å². The number of aromatic nitrogens is 1. The molecule has 224 valence electrons. The van der Waals surface area contributed by atoms with E-state index in [0.717, 1.165) is 35.2 Å². The van der Waals surface area contributed by atoms with Crippen molar-refractivity contribution in [2.75, 3.05) is 13.6 Å². The number of thiazole rings is 1. The predicted octanol–water partition coefficient (Wildman–Crippen LogP) is 6.34. The van der Waals surface area contributed by atoms with Crippen LogP contribution in [0.15, 0.2) is 48.0 Å². The van der Waals surface area contributed by atoms with Gasteiger partial charge >= 0.3 is 0 Å². The summed E-state index contributed by atoms with van der Waals surface area (Å²) in [6.45, 7) is 13.5. The number of amides is 3. The highest BCUT2D eigenvalue weighted by Gasteiger charge is 2.44. The molecule has 0 N–H and O–H groups in total. The fourth-order valence-electron chi connectivity index (χ4n) is 6.15. The third kappa shape index (κ3) is 6.14. The lowest BCUT2D eigenvalue weighted by atomic mass is 9.99. The maximum absolute atomic E-state index is 14.0. The molecule has 42 heavy (non-hydrogen) atoms. The van der Waals surface area contributed by atoms with E-state index < -0.39 is 12.1 Å². The van der Waals surface area contributed by atoms with Crippen LogP contribution in [0.1, 0.15) is 80.2 Å². The second kappa shape index (κ2) is 13.6. The van der Waals surface area contributed by atoms with Crippen molar-refractivity contribution in [3.05, 3.63) is 75.9 Å². The summed E-state index contributed by atoms with van der Waals surface area (Å²) in [5.74, 6) is -0.355. The van der Waals surface area contributed by atoms with E-state index >= 15 is 0 Å². The zero-order valence-electron chi connectivity index (χ0n) is 26.0. The number of carbonyl (C=O) groups is 3. The van der Waals surface area contributed by atoms with Gasteiger partial charge in [-0.15, -0.1) is 11.3 Å². The van der Waals surface area contributed by atoms with E-state index in [4.69, 9.17) is 0 Å². The van der Waals surface area contributed by atoms with Crippen LogP contribution >= 0.6 is 11.3 Å². The Hall–Kier alpha value is -3.52. The van der Waals surface area contributed by atoms with Gasteiger partial charge in [-0.1, -0.05) is 65.0 Å². The quantitative estimate of drug-likeness (QED) is 0.308. The Balaban J connectivity index is 0.00000198. The van der Waals surface area contributed by atoms with E-state index in [1.807, 2.05) is 71.4 Å². The van der Waals surface area contributed by atoms with E-state index in [-0.39, 0.29) is 23.6 Å². The number of hydrogen-bond donors (Lipinski definition) is 0. The first kappa shape index (κ1) is 31.4. The third-order valence-corrected chi connectivity index (χ3v) is 9.25. The van der Waals surface area contributed by atoms with Crippen molar-refractivity contribution < 1.29 is 14.4 Å². The molecule has 2 atom stereocenters. The molecule has 2 aliphatic rings.